The molecule has 30 heavy (non-hydrogen) atoms. The smallest absolute Gasteiger partial charge is 0.172 e. The zero-order valence-corrected chi connectivity index (χ0v) is 19.4. The van der Waals surface area contributed by atoms with E-state index in [-0.39, 0.29) is 21.2 Å². The predicted molar refractivity (Wildman–Crippen MR) is 115 cm³/mol. The molecule has 6 aliphatic rings. The van der Waals surface area contributed by atoms with Gasteiger partial charge in [0.1, 0.15) is 11.4 Å². The van der Waals surface area contributed by atoms with E-state index in [0.29, 0.717) is 31.1 Å². The number of halogens is 5. The predicted octanol–water partition coefficient (Wildman–Crippen LogP) is 7.91. The molecule has 0 unspecified atom stereocenters. The Labute approximate surface area is 188 Å². The van der Waals surface area contributed by atoms with Crippen LogP contribution in [0.3, 0.4) is 0 Å². The fraction of sp³-hybridized carbons (Fsp3) is 0.667. The summed E-state index contributed by atoms with van der Waals surface area (Å²) in [5.74, 6) is -3.31. The summed E-state index contributed by atoms with van der Waals surface area (Å²) in [5.41, 5.74) is -1.77. The van der Waals surface area contributed by atoms with Crippen LogP contribution in [0.4, 0.5) is 17.6 Å². The third kappa shape index (κ3) is 2.81. The molecule has 0 spiro atoms. The minimum Gasteiger partial charge on any atom is -0.363 e. The van der Waals surface area contributed by atoms with E-state index in [4.69, 9.17) is 4.74 Å². The van der Waals surface area contributed by atoms with Gasteiger partial charge in [0.25, 0.3) is 0 Å². The van der Waals surface area contributed by atoms with Crippen LogP contribution in [0.15, 0.2) is 23.8 Å². The Bertz CT molecular complexity index is 891. The van der Waals surface area contributed by atoms with Gasteiger partial charge in [-0.2, -0.15) is 0 Å². The molecule has 0 heterocycles. The van der Waals surface area contributed by atoms with E-state index in [2.05, 4.69) is 6.92 Å². The molecule has 1 aromatic carbocycles. The second kappa shape index (κ2) is 6.93. The first-order valence-corrected chi connectivity index (χ1v) is 12.1. The highest BCUT2D eigenvalue weighted by Crippen LogP contribution is 2.72. The Morgan fingerprint density at radius 3 is 2.00 bits per heavy atom. The van der Waals surface area contributed by atoms with E-state index < -0.39 is 34.3 Å². The summed E-state index contributed by atoms with van der Waals surface area (Å²) in [5, 5.41) is 0. The molecular formula is C24H27F4IO. The molecule has 6 aliphatic carbocycles. The molecule has 7 rings (SSSR count). The van der Waals surface area contributed by atoms with Crippen LogP contribution in [-0.4, -0.2) is 5.60 Å². The van der Waals surface area contributed by atoms with Crippen molar-refractivity contribution in [1.29, 1.82) is 0 Å². The van der Waals surface area contributed by atoms with Gasteiger partial charge in [0.15, 0.2) is 17.5 Å². The average Bonchev–Trinajstić information content (AvgIpc) is 2.76. The molecular weight excluding hydrogens is 507 g/mol. The van der Waals surface area contributed by atoms with Gasteiger partial charge in [-0.25, -0.2) is 17.6 Å². The van der Waals surface area contributed by atoms with Gasteiger partial charge >= 0.3 is 0 Å². The highest BCUT2D eigenvalue weighted by Gasteiger charge is 2.66. The van der Waals surface area contributed by atoms with Gasteiger partial charge in [0, 0.05) is 11.0 Å². The summed E-state index contributed by atoms with van der Waals surface area (Å²) < 4.78 is 65.3. The SMILES string of the molecule is CC12CCC(C34CCC(OCc5ccc(I)c(F)c5F)(CC3)C(F)=C4F)(CC1)CC2. The van der Waals surface area contributed by atoms with Gasteiger partial charge in [-0.1, -0.05) is 13.0 Å². The zero-order chi connectivity index (χ0) is 21.4. The summed E-state index contributed by atoms with van der Waals surface area (Å²) >= 11 is 1.72. The van der Waals surface area contributed by atoms with Crippen LogP contribution in [0, 0.1) is 31.4 Å². The Morgan fingerprint density at radius 1 is 0.800 bits per heavy atom. The van der Waals surface area contributed by atoms with Crippen LogP contribution in [0.5, 0.6) is 0 Å². The van der Waals surface area contributed by atoms with Crippen molar-refractivity contribution in [1.82, 2.24) is 0 Å². The number of hydrogen-bond donors (Lipinski definition) is 0. The van der Waals surface area contributed by atoms with Crippen LogP contribution < -0.4 is 0 Å². The second-order valence-electron chi connectivity index (χ2n) is 10.4. The van der Waals surface area contributed by atoms with Crippen LogP contribution >= 0.6 is 22.6 Å². The Kier molecular flexibility index (Phi) is 4.91. The molecule has 6 heteroatoms. The lowest BCUT2D eigenvalue weighted by Crippen LogP contribution is -2.58. The number of fused-ring (bicyclic) bond motifs is 5. The highest BCUT2D eigenvalue weighted by atomic mass is 127. The lowest BCUT2D eigenvalue weighted by molar-refractivity contribution is -0.165. The lowest BCUT2D eigenvalue weighted by atomic mass is 9.41. The monoisotopic (exact) mass is 534 g/mol. The fourth-order valence-electron chi connectivity index (χ4n) is 6.88. The van der Waals surface area contributed by atoms with Gasteiger partial charge in [0.05, 0.1) is 10.2 Å². The van der Waals surface area contributed by atoms with Crippen LogP contribution in [-0.2, 0) is 11.3 Å². The van der Waals surface area contributed by atoms with Crippen LogP contribution in [0.2, 0.25) is 0 Å². The maximum atomic E-state index is 15.7. The molecule has 0 atom stereocenters. The van der Waals surface area contributed by atoms with E-state index in [9.17, 15) is 8.78 Å². The average molecular weight is 534 g/mol. The number of ether oxygens (including phenoxy) is 1. The molecule has 164 valence electrons. The van der Waals surface area contributed by atoms with Crippen molar-refractivity contribution in [2.24, 2.45) is 16.2 Å². The van der Waals surface area contributed by atoms with E-state index in [1.54, 1.807) is 22.6 Å². The van der Waals surface area contributed by atoms with Gasteiger partial charge < -0.3 is 4.74 Å². The summed E-state index contributed by atoms with van der Waals surface area (Å²) in [6.07, 6.45) is 8.19. The Hall–Kier alpha value is -0.630. The summed E-state index contributed by atoms with van der Waals surface area (Å²) in [6, 6.07) is 2.92. The lowest BCUT2D eigenvalue weighted by Gasteiger charge is -2.64. The van der Waals surface area contributed by atoms with Crippen LogP contribution in [0.1, 0.15) is 76.7 Å². The normalized spacial score (nSPS) is 40.3. The Morgan fingerprint density at radius 2 is 1.40 bits per heavy atom. The maximum Gasteiger partial charge on any atom is 0.172 e. The molecule has 4 fully saturated rings. The maximum absolute atomic E-state index is 15.7. The number of hydrogen-bond acceptors (Lipinski definition) is 1. The largest absolute Gasteiger partial charge is 0.363 e. The summed E-state index contributed by atoms with van der Waals surface area (Å²) in [6.45, 7) is 2.06. The molecule has 1 aromatic rings. The van der Waals surface area contributed by atoms with Crippen molar-refractivity contribution in [3.05, 3.63) is 44.6 Å². The van der Waals surface area contributed by atoms with Crippen molar-refractivity contribution in [2.75, 3.05) is 0 Å². The van der Waals surface area contributed by atoms with Gasteiger partial charge in [-0.3, -0.25) is 0 Å². The molecule has 4 bridgehead atoms. The quantitative estimate of drug-likeness (QED) is 0.217. The summed E-state index contributed by atoms with van der Waals surface area (Å²) in [7, 11) is 0. The van der Waals surface area contributed by atoms with Gasteiger partial charge in [-0.05, 0) is 104 Å². The minimum absolute atomic E-state index is 0.0374. The van der Waals surface area contributed by atoms with Crippen molar-refractivity contribution in [2.45, 2.75) is 83.3 Å². The Balaban J connectivity index is 1.42. The number of allylic oxidation sites excluding steroid dienone is 1. The van der Waals surface area contributed by atoms with E-state index in [1.807, 2.05) is 0 Å². The molecule has 1 nitrogen and oxygen atoms in total. The fourth-order valence-corrected chi connectivity index (χ4v) is 7.30. The second-order valence-corrected chi connectivity index (χ2v) is 11.6. The van der Waals surface area contributed by atoms with Crippen molar-refractivity contribution in [3.63, 3.8) is 0 Å². The standard InChI is InChI=1S/C24H27F4IO/c1-21-4-7-22(8-5-21,9-6-21)23-10-12-24(13-11-23,20(28)19(23)27)30-14-15-2-3-16(29)18(26)17(15)25/h2-3H,4-14H2,1H3. The minimum atomic E-state index is -1.34. The van der Waals surface area contributed by atoms with Crippen molar-refractivity contribution >= 4 is 22.6 Å². The highest BCUT2D eigenvalue weighted by molar-refractivity contribution is 14.1. The topological polar surface area (TPSA) is 9.23 Å². The number of benzene rings is 1. The zero-order valence-electron chi connectivity index (χ0n) is 17.2. The third-order valence-corrected chi connectivity index (χ3v) is 10.0. The van der Waals surface area contributed by atoms with E-state index in [1.165, 1.54) is 12.1 Å². The number of rotatable bonds is 4. The molecule has 0 radical (unpaired) electrons. The van der Waals surface area contributed by atoms with Gasteiger partial charge in [-0.15, -0.1) is 0 Å². The first-order valence-electron chi connectivity index (χ1n) is 11.0. The first-order chi connectivity index (χ1) is 14.2. The van der Waals surface area contributed by atoms with Crippen LogP contribution in [0.25, 0.3) is 0 Å². The molecule has 0 aliphatic heterocycles. The molecule has 4 saturated carbocycles. The molecule has 0 saturated heterocycles. The van der Waals surface area contributed by atoms with Gasteiger partial charge in [0.2, 0.25) is 0 Å². The van der Waals surface area contributed by atoms with E-state index in [0.717, 1.165) is 38.5 Å². The first kappa shape index (κ1) is 21.2. The molecule has 0 amide bonds. The molecule has 0 aromatic heterocycles. The van der Waals surface area contributed by atoms with Crippen molar-refractivity contribution in [3.8, 4) is 0 Å². The summed E-state index contributed by atoms with van der Waals surface area (Å²) in [4.78, 5) is 0. The molecule has 0 N–H and O–H groups in total. The third-order valence-electron chi connectivity index (χ3n) is 9.18. The van der Waals surface area contributed by atoms with Crippen molar-refractivity contribution < 1.29 is 22.3 Å². The van der Waals surface area contributed by atoms with E-state index >= 15 is 8.78 Å².